The molecule has 150 valence electrons. The standard InChI is InChI=1S/C21H26F2N4O/c1-24-21(25-13-16-6-5-9-19(12-16)28-15-20(22)23)26-17-10-11-27(14-17)18-7-3-2-4-8-18/h2-9,12,17,20H,10-11,13-15H2,1H3,(H2,24,25,26). The number of halogens is 2. The van der Waals surface area contributed by atoms with Gasteiger partial charge in [-0.15, -0.1) is 0 Å². The van der Waals surface area contributed by atoms with Gasteiger partial charge in [0.05, 0.1) is 0 Å². The van der Waals surface area contributed by atoms with Crippen molar-refractivity contribution in [2.75, 3.05) is 31.6 Å². The van der Waals surface area contributed by atoms with Crippen molar-refractivity contribution in [3.05, 3.63) is 60.2 Å². The Labute approximate surface area is 164 Å². The zero-order chi connectivity index (χ0) is 19.8. The Balaban J connectivity index is 1.48. The molecule has 0 aromatic heterocycles. The van der Waals surface area contributed by atoms with E-state index >= 15 is 0 Å². The van der Waals surface area contributed by atoms with Crippen LogP contribution in [0.15, 0.2) is 59.6 Å². The summed E-state index contributed by atoms with van der Waals surface area (Å²) in [6, 6.07) is 17.8. The van der Waals surface area contributed by atoms with Crippen LogP contribution >= 0.6 is 0 Å². The number of nitrogens with one attached hydrogen (secondary N) is 2. The summed E-state index contributed by atoms with van der Waals surface area (Å²) in [5, 5.41) is 6.73. The molecule has 0 spiro atoms. The van der Waals surface area contributed by atoms with Crippen LogP contribution in [0.25, 0.3) is 0 Å². The van der Waals surface area contributed by atoms with Crippen molar-refractivity contribution in [1.82, 2.24) is 10.6 Å². The van der Waals surface area contributed by atoms with E-state index in [9.17, 15) is 8.78 Å². The Hall–Kier alpha value is -2.83. The number of rotatable bonds is 7. The number of alkyl halides is 2. The number of hydrogen-bond donors (Lipinski definition) is 2. The lowest BCUT2D eigenvalue weighted by atomic mass is 10.2. The molecular weight excluding hydrogens is 362 g/mol. The zero-order valence-corrected chi connectivity index (χ0v) is 15.9. The average molecular weight is 388 g/mol. The molecule has 0 amide bonds. The van der Waals surface area contributed by atoms with E-state index in [0.29, 0.717) is 18.3 Å². The second kappa shape index (κ2) is 9.92. The zero-order valence-electron chi connectivity index (χ0n) is 15.9. The van der Waals surface area contributed by atoms with Gasteiger partial charge < -0.3 is 20.3 Å². The summed E-state index contributed by atoms with van der Waals surface area (Å²) in [6.45, 7) is 1.85. The third kappa shape index (κ3) is 5.84. The van der Waals surface area contributed by atoms with E-state index < -0.39 is 13.0 Å². The molecule has 2 aromatic rings. The second-order valence-corrected chi connectivity index (χ2v) is 6.69. The summed E-state index contributed by atoms with van der Waals surface area (Å²) in [6.07, 6.45) is -1.45. The summed E-state index contributed by atoms with van der Waals surface area (Å²) in [5.41, 5.74) is 2.17. The lowest BCUT2D eigenvalue weighted by Crippen LogP contribution is -2.44. The topological polar surface area (TPSA) is 48.9 Å². The third-order valence-corrected chi connectivity index (χ3v) is 4.61. The quantitative estimate of drug-likeness (QED) is 0.565. The molecular formula is C21H26F2N4O. The first-order chi connectivity index (χ1) is 13.6. The molecule has 1 aliphatic heterocycles. The molecule has 1 aliphatic rings. The van der Waals surface area contributed by atoms with E-state index in [0.717, 1.165) is 31.0 Å². The summed E-state index contributed by atoms with van der Waals surface area (Å²) in [5.74, 6) is 1.16. The maximum absolute atomic E-state index is 12.3. The van der Waals surface area contributed by atoms with Gasteiger partial charge in [0.15, 0.2) is 5.96 Å². The lowest BCUT2D eigenvalue weighted by Gasteiger charge is -2.20. The molecule has 7 heteroatoms. The molecule has 0 saturated carbocycles. The molecule has 1 unspecified atom stereocenters. The van der Waals surface area contributed by atoms with Gasteiger partial charge in [-0.25, -0.2) is 8.78 Å². The smallest absolute Gasteiger partial charge is 0.272 e. The maximum Gasteiger partial charge on any atom is 0.272 e. The molecule has 0 bridgehead atoms. The van der Waals surface area contributed by atoms with Crippen LogP contribution < -0.4 is 20.3 Å². The van der Waals surface area contributed by atoms with Gasteiger partial charge in [-0.1, -0.05) is 30.3 Å². The fraction of sp³-hybridized carbons (Fsp3) is 0.381. The minimum absolute atomic E-state index is 0.312. The number of nitrogens with zero attached hydrogens (tertiary/aromatic N) is 2. The van der Waals surface area contributed by atoms with Crippen LogP contribution in [0.1, 0.15) is 12.0 Å². The van der Waals surface area contributed by atoms with Crippen LogP contribution in [-0.2, 0) is 6.54 Å². The van der Waals surface area contributed by atoms with Crippen molar-refractivity contribution in [2.24, 2.45) is 4.99 Å². The van der Waals surface area contributed by atoms with Gasteiger partial charge in [-0.2, -0.15) is 0 Å². The highest BCUT2D eigenvalue weighted by Gasteiger charge is 2.23. The molecule has 28 heavy (non-hydrogen) atoms. The largest absolute Gasteiger partial charge is 0.488 e. The Kier molecular flexibility index (Phi) is 7.06. The number of anilines is 1. The average Bonchev–Trinajstić information content (AvgIpc) is 3.19. The predicted molar refractivity (Wildman–Crippen MR) is 108 cm³/mol. The monoisotopic (exact) mass is 388 g/mol. The molecule has 0 aliphatic carbocycles. The van der Waals surface area contributed by atoms with Crippen molar-refractivity contribution < 1.29 is 13.5 Å². The summed E-state index contributed by atoms with van der Waals surface area (Å²) >= 11 is 0. The summed E-state index contributed by atoms with van der Waals surface area (Å²) < 4.78 is 29.6. The Morgan fingerprint density at radius 1 is 1.21 bits per heavy atom. The first-order valence-electron chi connectivity index (χ1n) is 9.41. The highest BCUT2D eigenvalue weighted by Crippen LogP contribution is 2.19. The molecule has 3 rings (SSSR count). The van der Waals surface area contributed by atoms with Crippen LogP contribution in [0.3, 0.4) is 0 Å². The SMILES string of the molecule is CN=C(NCc1cccc(OCC(F)F)c1)NC1CCN(c2ccccc2)C1. The van der Waals surface area contributed by atoms with E-state index in [1.165, 1.54) is 5.69 Å². The second-order valence-electron chi connectivity index (χ2n) is 6.69. The van der Waals surface area contributed by atoms with Crippen LogP contribution in [0.2, 0.25) is 0 Å². The highest BCUT2D eigenvalue weighted by molar-refractivity contribution is 5.80. The van der Waals surface area contributed by atoms with Gasteiger partial charge in [-0.3, -0.25) is 4.99 Å². The van der Waals surface area contributed by atoms with Gasteiger partial charge in [0, 0.05) is 38.4 Å². The molecule has 0 radical (unpaired) electrons. The molecule has 1 saturated heterocycles. The maximum atomic E-state index is 12.3. The van der Waals surface area contributed by atoms with Gasteiger partial charge in [0.25, 0.3) is 6.43 Å². The van der Waals surface area contributed by atoms with Gasteiger partial charge in [0.1, 0.15) is 12.4 Å². The van der Waals surface area contributed by atoms with E-state index in [2.05, 4.69) is 44.8 Å². The van der Waals surface area contributed by atoms with Crippen LogP contribution in [0, 0.1) is 0 Å². The number of aliphatic imine (C=N–C) groups is 1. The van der Waals surface area contributed by atoms with Crippen molar-refractivity contribution in [3.63, 3.8) is 0 Å². The summed E-state index contributed by atoms with van der Waals surface area (Å²) in [7, 11) is 1.74. The normalized spacial score (nSPS) is 17.1. The van der Waals surface area contributed by atoms with Crippen molar-refractivity contribution in [3.8, 4) is 5.75 Å². The third-order valence-electron chi connectivity index (χ3n) is 4.61. The van der Waals surface area contributed by atoms with E-state index in [1.54, 1.807) is 25.2 Å². The molecule has 2 N–H and O–H groups in total. The Morgan fingerprint density at radius 2 is 2.04 bits per heavy atom. The number of ether oxygens (including phenoxy) is 1. The summed E-state index contributed by atoms with van der Waals surface area (Å²) in [4.78, 5) is 6.65. The lowest BCUT2D eigenvalue weighted by molar-refractivity contribution is 0.0818. The van der Waals surface area contributed by atoms with Crippen molar-refractivity contribution in [2.45, 2.75) is 25.4 Å². The van der Waals surface area contributed by atoms with E-state index in [-0.39, 0.29) is 0 Å². The van der Waals surface area contributed by atoms with Crippen molar-refractivity contribution >= 4 is 11.6 Å². The van der Waals surface area contributed by atoms with Gasteiger partial charge >= 0.3 is 0 Å². The molecule has 2 aromatic carbocycles. The Bertz CT molecular complexity index is 770. The minimum atomic E-state index is -2.48. The molecule has 1 atom stereocenters. The first kappa shape index (κ1) is 19.9. The molecule has 1 fully saturated rings. The van der Waals surface area contributed by atoms with Gasteiger partial charge in [0.2, 0.25) is 0 Å². The van der Waals surface area contributed by atoms with Crippen molar-refractivity contribution in [1.29, 1.82) is 0 Å². The number of guanidine groups is 1. The van der Waals surface area contributed by atoms with Crippen LogP contribution in [0.5, 0.6) is 5.75 Å². The Morgan fingerprint density at radius 3 is 2.79 bits per heavy atom. The van der Waals surface area contributed by atoms with E-state index in [1.807, 2.05) is 12.1 Å². The number of hydrogen-bond acceptors (Lipinski definition) is 3. The fourth-order valence-corrected chi connectivity index (χ4v) is 3.23. The van der Waals surface area contributed by atoms with E-state index in [4.69, 9.17) is 4.74 Å². The van der Waals surface area contributed by atoms with Crippen LogP contribution in [-0.4, -0.2) is 45.2 Å². The minimum Gasteiger partial charge on any atom is -0.488 e. The van der Waals surface area contributed by atoms with Gasteiger partial charge in [-0.05, 0) is 36.2 Å². The number of benzene rings is 2. The first-order valence-corrected chi connectivity index (χ1v) is 9.41. The fourth-order valence-electron chi connectivity index (χ4n) is 3.23. The molecule has 1 heterocycles. The van der Waals surface area contributed by atoms with Crippen LogP contribution in [0.4, 0.5) is 14.5 Å². The predicted octanol–water partition coefficient (Wildman–Crippen LogP) is 3.27. The molecule has 5 nitrogen and oxygen atoms in total. The highest BCUT2D eigenvalue weighted by atomic mass is 19.3. The number of para-hydroxylation sites is 1.